The van der Waals surface area contributed by atoms with Gasteiger partial charge in [-0.05, 0) is 26.0 Å². The Bertz CT molecular complexity index is 1130. The van der Waals surface area contributed by atoms with Gasteiger partial charge in [-0.2, -0.15) is 0 Å². The molecule has 1 aromatic heterocycles. The lowest BCUT2D eigenvalue weighted by Crippen LogP contribution is -2.35. The lowest BCUT2D eigenvalue weighted by Gasteiger charge is -2.14. The predicted octanol–water partition coefficient (Wildman–Crippen LogP) is 3.62. The van der Waals surface area contributed by atoms with Gasteiger partial charge in [-0.15, -0.1) is 6.58 Å². The van der Waals surface area contributed by atoms with Crippen LogP contribution in [0.15, 0.2) is 70.4 Å². The molecular weight excluding hydrogens is 370 g/mol. The van der Waals surface area contributed by atoms with Crippen molar-refractivity contribution >= 4 is 22.8 Å². The van der Waals surface area contributed by atoms with Gasteiger partial charge in [-0.25, -0.2) is 4.79 Å². The van der Waals surface area contributed by atoms with Gasteiger partial charge in [0, 0.05) is 17.7 Å². The maximum Gasteiger partial charge on any atom is 0.342 e. The first-order valence-corrected chi connectivity index (χ1v) is 9.15. The molecule has 2 aromatic carbocycles. The maximum atomic E-state index is 12.9. The second kappa shape index (κ2) is 8.56. The molecule has 6 nitrogen and oxygen atoms in total. The fourth-order valence-electron chi connectivity index (χ4n) is 2.93. The third-order valence-corrected chi connectivity index (χ3v) is 4.47. The summed E-state index contributed by atoms with van der Waals surface area (Å²) in [4.78, 5) is 37.5. The number of carbonyl (C=O) groups is 2. The molecule has 29 heavy (non-hydrogen) atoms. The average Bonchev–Trinajstić information content (AvgIpc) is 2.74. The molecule has 0 unspecified atom stereocenters. The van der Waals surface area contributed by atoms with Gasteiger partial charge in [0.2, 0.25) is 0 Å². The molecule has 1 N–H and O–H groups in total. The minimum atomic E-state index is -1.01. The minimum absolute atomic E-state index is 0.0835. The van der Waals surface area contributed by atoms with E-state index in [-0.39, 0.29) is 28.5 Å². The number of hydrogen-bond acceptors (Lipinski definition) is 5. The number of nitrogens with one attached hydrogen (secondary N) is 1. The van der Waals surface area contributed by atoms with Crippen molar-refractivity contribution in [3.8, 4) is 11.3 Å². The molecule has 1 atom stereocenters. The van der Waals surface area contributed by atoms with Crippen molar-refractivity contribution in [1.29, 1.82) is 0 Å². The lowest BCUT2D eigenvalue weighted by molar-refractivity contribution is -0.128. The number of para-hydroxylation sites is 1. The van der Waals surface area contributed by atoms with E-state index in [1.54, 1.807) is 19.1 Å². The van der Waals surface area contributed by atoms with E-state index in [9.17, 15) is 14.4 Å². The van der Waals surface area contributed by atoms with Crippen LogP contribution in [0.25, 0.3) is 22.3 Å². The zero-order valence-electron chi connectivity index (χ0n) is 16.2. The fraction of sp³-hybridized carbons (Fsp3) is 0.174. The van der Waals surface area contributed by atoms with Crippen LogP contribution in [0.2, 0.25) is 0 Å². The van der Waals surface area contributed by atoms with Crippen LogP contribution in [-0.2, 0) is 9.53 Å². The largest absolute Gasteiger partial charge is 0.455 e. The molecule has 6 heteroatoms. The van der Waals surface area contributed by atoms with Gasteiger partial charge in [-0.3, -0.25) is 9.59 Å². The summed E-state index contributed by atoms with van der Waals surface area (Å²) in [6, 6.07) is 13.9. The number of benzene rings is 2. The van der Waals surface area contributed by atoms with Crippen LogP contribution < -0.4 is 10.7 Å². The van der Waals surface area contributed by atoms with Crippen LogP contribution in [0.5, 0.6) is 0 Å². The lowest BCUT2D eigenvalue weighted by atomic mass is 10.0. The molecule has 0 saturated carbocycles. The van der Waals surface area contributed by atoms with E-state index in [4.69, 9.17) is 9.15 Å². The first kappa shape index (κ1) is 20.1. The molecule has 1 amide bonds. The van der Waals surface area contributed by atoms with E-state index in [2.05, 4.69) is 11.9 Å². The Morgan fingerprint density at radius 2 is 1.90 bits per heavy atom. The molecule has 148 valence electrons. The van der Waals surface area contributed by atoms with Crippen LogP contribution in [-0.4, -0.2) is 24.5 Å². The molecule has 1 heterocycles. The van der Waals surface area contributed by atoms with E-state index >= 15 is 0 Å². The standard InChI is InChI=1S/C23H21NO5/c1-4-13-24-22(26)15(3)28-23(27)18-12-8-11-17-19(25)14(2)20(29-21(17)18)16-9-6-5-7-10-16/h4-12,15H,1,13H2,2-3H3,(H,24,26)/t15-/m0/s1. The third kappa shape index (κ3) is 4.11. The Labute approximate surface area is 167 Å². The normalized spacial score (nSPS) is 11.7. The minimum Gasteiger partial charge on any atom is -0.455 e. The van der Waals surface area contributed by atoms with Gasteiger partial charge >= 0.3 is 5.97 Å². The van der Waals surface area contributed by atoms with E-state index in [1.807, 2.05) is 30.3 Å². The Hall–Kier alpha value is -3.67. The zero-order chi connectivity index (χ0) is 21.0. The highest BCUT2D eigenvalue weighted by Gasteiger charge is 2.23. The molecule has 3 aromatic rings. The van der Waals surface area contributed by atoms with Crippen LogP contribution in [0.4, 0.5) is 0 Å². The van der Waals surface area contributed by atoms with Crippen molar-refractivity contribution in [3.63, 3.8) is 0 Å². The SMILES string of the molecule is C=CCNC(=O)[C@H](C)OC(=O)c1cccc2c(=O)c(C)c(-c3ccccc3)oc12. The topological polar surface area (TPSA) is 85.6 Å². The zero-order valence-corrected chi connectivity index (χ0v) is 16.2. The van der Waals surface area contributed by atoms with Crippen LogP contribution in [0.3, 0.4) is 0 Å². The Morgan fingerprint density at radius 1 is 1.17 bits per heavy atom. The number of fused-ring (bicyclic) bond motifs is 1. The summed E-state index contributed by atoms with van der Waals surface area (Å²) < 4.78 is 11.3. The Morgan fingerprint density at radius 3 is 2.59 bits per heavy atom. The molecule has 0 aliphatic rings. The van der Waals surface area contributed by atoms with Gasteiger partial charge in [-0.1, -0.05) is 42.5 Å². The maximum absolute atomic E-state index is 12.9. The Balaban J connectivity index is 2.04. The van der Waals surface area contributed by atoms with Crippen LogP contribution in [0.1, 0.15) is 22.8 Å². The monoisotopic (exact) mass is 391 g/mol. The molecule has 0 fully saturated rings. The van der Waals surface area contributed by atoms with Gasteiger partial charge < -0.3 is 14.5 Å². The summed E-state index contributed by atoms with van der Waals surface area (Å²) >= 11 is 0. The van der Waals surface area contributed by atoms with Gasteiger partial charge in [0.05, 0.1) is 5.39 Å². The van der Waals surface area contributed by atoms with E-state index in [0.717, 1.165) is 5.56 Å². The molecule has 0 radical (unpaired) electrons. The van der Waals surface area contributed by atoms with Gasteiger partial charge in [0.25, 0.3) is 5.91 Å². The highest BCUT2D eigenvalue weighted by molar-refractivity contribution is 6.03. The molecule has 0 bridgehead atoms. The predicted molar refractivity (Wildman–Crippen MR) is 111 cm³/mol. The van der Waals surface area contributed by atoms with E-state index < -0.39 is 18.0 Å². The smallest absolute Gasteiger partial charge is 0.342 e. The second-order valence-corrected chi connectivity index (χ2v) is 6.51. The number of ether oxygens (including phenoxy) is 1. The number of hydrogen-bond donors (Lipinski definition) is 1. The molecular formula is C23H21NO5. The highest BCUT2D eigenvalue weighted by atomic mass is 16.5. The van der Waals surface area contributed by atoms with Gasteiger partial charge in [0.15, 0.2) is 17.1 Å². The highest BCUT2D eigenvalue weighted by Crippen LogP contribution is 2.27. The quantitative estimate of drug-likeness (QED) is 0.512. The van der Waals surface area contributed by atoms with Crippen molar-refractivity contribution in [2.45, 2.75) is 20.0 Å². The Kier molecular flexibility index (Phi) is 5.93. The molecule has 3 rings (SSSR count). The first-order chi connectivity index (χ1) is 13.9. The molecule has 0 aliphatic carbocycles. The van der Waals surface area contributed by atoms with Crippen molar-refractivity contribution in [2.24, 2.45) is 0 Å². The number of esters is 1. The van der Waals surface area contributed by atoms with Crippen LogP contribution in [0, 0.1) is 6.92 Å². The molecule has 0 saturated heterocycles. The van der Waals surface area contributed by atoms with Crippen molar-refractivity contribution in [1.82, 2.24) is 5.32 Å². The molecule has 0 spiro atoms. The third-order valence-electron chi connectivity index (χ3n) is 4.47. The summed E-state index contributed by atoms with van der Waals surface area (Å²) in [5, 5.41) is 2.84. The van der Waals surface area contributed by atoms with Gasteiger partial charge in [0.1, 0.15) is 11.3 Å². The first-order valence-electron chi connectivity index (χ1n) is 9.15. The van der Waals surface area contributed by atoms with Crippen LogP contribution >= 0.6 is 0 Å². The van der Waals surface area contributed by atoms with Crippen molar-refractivity contribution in [2.75, 3.05) is 6.54 Å². The summed E-state index contributed by atoms with van der Waals surface area (Å²) in [6.07, 6.45) is 0.516. The fourth-order valence-corrected chi connectivity index (χ4v) is 2.93. The summed E-state index contributed by atoms with van der Waals surface area (Å²) in [5.41, 5.74) is 1.16. The molecule has 0 aliphatic heterocycles. The van der Waals surface area contributed by atoms with E-state index in [1.165, 1.54) is 19.1 Å². The number of rotatable bonds is 6. The summed E-state index contributed by atoms with van der Waals surface area (Å²) in [7, 11) is 0. The average molecular weight is 391 g/mol. The number of carbonyl (C=O) groups excluding carboxylic acids is 2. The summed E-state index contributed by atoms with van der Waals surface area (Å²) in [6.45, 7) is 6.94. The van der Waals surface area contributed by atoms with E-state index in [0.29, 0.717) is 11.3 Å². The number of amides is 1. The second-order valence-electron chi connectivity index (χ2n) is 6.51. The van der Waals surface area contributed by atoms with Crippen molar-refractivity contribution in [3.05, 3.63) is 82.5 Å². The summed E-state index contributed by atoms with van der Waals surface area (Å²) in [5.74, 6) is -0.802. The van der Waals surface area contributed by atoms with Crippen molar-refractivity contribution < 1.29 is 18.7 Å².